The van der Waals surface area contributed by atoms with Gasteiger partial charge in [-0.2, -0.15) is 0 Å². The number of urea groups is 1. The Morgan fingerprint density at radius 3 is 2.61 bits per heavy atom. The van der Waals surface area contributed by atoms with Crippen LogP contribution in [-0.4, -0.2) is 52.9 Å². The molecular formula is C17H23N3O3. The van der Waals surface area contributed by atoms with Crippen molar-refractivity contribution in [2.75, 3.05) is 13.6 Å². The van der Waals surface area contributed by atoms with Crippen LogP contribution in [0.2, 0.25) is 0 Å². The van der Waals surface area contributed by atoms with E-state index in [2.05, 4.69) is 4.99 Å². The standard InChI is InChI=1S/C17H23N3O3/c1-17(13-6-4-3-5-7-13)15(22)20(16(23)19(17)2)11-14(21)12-8-9-18-10-12/h9-10,13H,3-8,11H2,1-2H3. The number of amides is 3. The van der Waals surface area contributed by atoms with Gasteiger partial charge in [0.2, 0.25) is 0 Å². The number of Topliss-reactive ketones (excluding diaryl/α,β-unsaturated/α-hetero) is 1. The zero-order chi connectivity index (χ0) is 16.6. The lowest BCUT2D eigenvalue weighted by Gasteiger charge is -2.38. The molecule has 2 aliphatic heterocycles. The fourth-order valence-corrected chi connectivity index (χ4v) is 3.91. The van der Waals surface area contributed by atoms with Gasteiger partial charge in [-0.25, -0.2) is 4.79 Å². The minimum Gasteiger partial charge on any atom is -0.313 e. The van der Waals surface area contributed by atoms with Gasteiger partial charge in [-0.1, -0.05) is 19.3 Å². The summed E-state index contributed by atoms with van der Waals surface area (Å²) in [7, 11) is 1.68. The third-order valence-electron chi connectivity index (χ3n) is 5.60. The molecule has 0 aromatic heterocycles. The lowest BCUT2D eigenvalue weighted by Crippen LogP contribution is -2.52. The van der Waals surface area contributed by atoms with E-state index >= 15 is 0 Å². The van der Waals surface area contributed by atoms with Gasteiger partial charge in [0, 0.05) is 31.5 Å². The van der Waals surface area contributed by atoms with Crippen molar-refractivity contribution in [2.45, 2.75) is 51.0 Å². The van der Waals surface area contributed by atoms with Crippen molar-refractivity contribution in [3.05, 3.63) is 11.8 Å². The number of imide groups is 1. The van der Waals surface area contributed by atoms with Crippen LogP contribution >= 0.6 is 0 Å². The maximum Gasteiger partial charge on any atom is 0.327 e. The summed E-state index contributed by atoms with van der Waals surface area (Å²) in [6, 6.07) is -0.365. The van der Waals surface area contributed by atoms with Gasteiger partial charge < -0.3 is 4.90 Å². The van der Waals surface area contributed by atoms with Crippen LogP contribution in [0.3, 0.4) is 0 Å². The Hall–Kier alpha value is -1.98. The average molecular weight is 317 g/mol. The molecule has 3 amide bonds. The smallest absolute Gasteiger partial charge is 0.313 e. The molecule has 3 aliphatic rings. The molecule has 23 heavy (non-hydrogen) atoms. The van der Waals surface area contributed by atoms with Crippen LogP contribution in [0, 0.1) is 5.92 Å². The topological polar surface area (TPSA) is 70.1 Å². The SMILES string of the molecule is CN1C(=O)N(CC(=O)C2=CN=CC2)C(=O)C1(C)C1CCCCC1. The third-order valence-corrected chi connectivity index (χ3v) is 5.60. The van der Waals surface area contributed by atoms with Crippen molar-refractivity contribution < 1.29 is 14.4 Å². The third kappa shape index (κ3) is 2.50. The molecule has 0 spiro atoms. The molecule has 6 heteroatoms. The lowest BCUT2D eigenvalue weighted by molar-refractivity contribution is -0.137. The van der Waals surface area contributed by atoms with E-state index in [1.165, 1.54) is 17.5 Å². The summed E-state index contributed by atoms with van der Waals surface area (Å²) in [5.74, 6) is -0.262. The van der Waals surface area contributed by atoms with Crippen LogP contribution in [0.4, 0.5) is 4.79 Å². The second kappa shape index (κ2) is 5.91. The second-order valence-electron chi connectivity index (χ2n) is 6.83. The first-order valence-corrected chi connectivity index (χ1v) is 8.30. The van der Waals surface area contributed by atoms with Crippen LogP contribution in [-0.2, 0) is 9.59 Å². The Bertz CT molecular complexity index is 604. The Morgan fingerprint density at radius 2 is 2.00 bits per heavy atom. The fourth-order valence-electron chi connectivity index (χ4n) is 3.91. The summed E-state index contributed by atoms with van der Waals surface area (Å²) in [5, 5.41) is 0. The lowest BCUT2D eigenvalue weighted by atomic mass is 9.75. The number of ketones is 1. The molecule has 6 nitrogen and oxygen atoms in total. The Morgan fingerprint density at radius 1 is 1.30 bits per heavy atom. The van der Waals surface area contributed by atoms with Gasteiger partial charge in [-0.3, -0.25) is 19.5 Å². The Balaban J connectivity index is 1.78. The van der Waals surface area contributed by atoms with E-state index in [1.54, 1.807) is 13.3 Å². The number of carbonyl (C=O) groups is 3. The molecule has 2 fully saturated rings. The van der Waals surface area contributed by atoms with Crippen LogP contribution in [0.25, 0.3) is 0 Å². The van der Waals surface area contributed by atoms with Gasteiger partial charge in [-0.15, -0.1) is 0 Å². The first-order valence-electron chi connectivity index (χ1n) is 8.30. The van der Waals surface area contributed by atoms with Crippen molar-refractivity contribution >= 4 is 23.9 Å². The van der Waals surface area contributed by atoms with Gasteiger partial charge in [0.05, 0.1) is 6.54 Å². The fraction of sp³-hybridized carbons (Fsp3) is 0.647. The van der Waals surface area contributed by atoms with Crippen molar-refractivity contribution in [3.63, 3.8) is 0 Å². The van der Waals surface area contributed by atoms with E-state index in [1.807, 2.05) is 6.92 Å². The molecule has 1 saturated carbocycles. The van der Waals surface area contributed by atoms with Crippen LogP contribution in [0.5, 0.6) is 0 Å². The van der Waals surface area contributed by atoms with Crippen molar-refractivity contribution in [3.8, 4) is 0 Å². The zero-order valence-electron chi connectivity index (χ0n) is 13.7. The molecule has 1 saturated heterocycles. The van der Waals surface area contributed by atoms with E-state index in [0.29, 0.717) is 12.0 Å². The normalized spacial score (nSPS) is 28.7. The molecule has 0 aromatic rings. The van der Waals surface area contributed by atoms with Gasteiger partial charge in [0.1, 0.15) is 5.54 Å². The highest BCUT2D eigenvalue weighted by molar-refractivity contribution is 6.11. The molecule has 0 aromatic carbocycles. The highest BCUT2D eigenvalue weighted by Crippen LogP contribution is 2.40. The molecule has 124 valence electrons. The minimum absolute atomic E-state index is 0.173. The number of aliphatic imine (C=N–C) groups is 1. The summed E-state index contributed by atoms with van der Waals surface area (Å²) < 4.78 is 0. The maximum absolute atomic E-state index is 13.0. The second-order valence-corrected chi connectivity index (χ2v) is 6.83. The van der Waals surface area contributed by atoms with Gasteiger partial charge in [-0.05, 0) is 25.7 Å². The largest absolute Gasteiger partial charge is 0.327 e. The molecule has 1 aliphatic carbocycles. The van der Waals surface area contributed by atoms with Crippen LogP contribution < -0.4 is 0 Å². The van der Waals surface area contributed by atoms with E-state index in [9.17, 15) is 14.4 Å². The van der Waals surface area contributed by atoms with E-state index in [0.717, 1.165) is 30.6 Å². The summed E-state index contributed by atoms with van der Waals surface area (Å²) in [4.78, 5) is 44.4. The summed E-state index contributed by atoms with van der Waals surface area (Å²) in [5.41, 5.74) is -0.266. The number of rotatable bonds is 4. The van der Waals surface area contributed by atoms with Crippen molar-refractivity contribution in [1.29, 1.82) is 0 Å². The first kappa shape index (κ1) is 15.9. The summed E-state index contributed by atoms with van der Waals surface area (Å²) in [6.07, 6.45) is 8.94. The molecule has 1 atom stereocenters. The zero-order valence-corrected chi connectivity index (χ0v) is 13.7. The summed E-state index contributed by atoms with van der Waals surface area (Å²) in [6.45, 7) is 1.67. The molecule has 3 rings (SSSR count). The van der Waals surface area contributed by atoms with Crippen molar-refractivity contribution in [2.24, 2.45) is 10.9 Å². The van der Waals surface area contributed by atoms with Crippen molar-refractivity contribution in [1.82, 2.24) is 9.80 Å². The molecule has 1 unspecified atom stereocenters. The maximum atomic E-state index is 13.0. The molecule has 0 N–H and O–H groups in total. The molecule has 0 bridgehead atoms. The predicted octanol–water partition coefficient (Wildman–Crippen LogP) is 2.15. The highest BCUT2D eigenvalue weighted by Gasteiger charge is 2.56. The molecular weight excluding hydrogens is 294 g/mol. The van der Waals surface area contributed by atoms with Gasteiger partial charge >= 0.3 is 6.03 Å². The number of likely N-dealkylation sites (N-methyl/N-ethyl adjacent to an activating group) is 1. The summed E-state index contributed by atoms with van der Waals surface area (Å²) >= 11 is 0. The average Bonchev–Trinajstić information content (AvgIpc) is 3.16. The van der Waals surface area contributed by atoms with E-state index < -0.39 is 5.54 Å². The van der Waals surface area contributed by atoms with Crippen LogP contribution in [0.15, 0.2) is 16.8 Å². The predicted molar refractivity (Wildman–Crippen MR) is 86.1 cm³/mol. The molecule has 0 radical (unpaired) electrons. The minimum atomic E-state index is -0.821. The molecule has 2 heterocycles. The van der Waals surface area contributed by atoms with Crippen LogP contribution in [0.1, 0.15) is 45.4 Å². The number of hydrogen-bond donors (Lipinski definition) is 0. The Kier molecular flexibility index (Phi) is 4.08. The quantitative estimate of drug-likeness (QED) is 0.746. The number of nitrogens with zero attached hydrogens (tertiary/aromatic N) is 3. The van der Waals surface area contributed by atoms with E-state index in [4.69, 9.17) is 0 Å². The van der Waals surface area contributed by atoms with Gasteiger partial charge in [0.15, 0.2) is 5.78 Å². The number of hydrogen-bond acceptors (Lipinski definition) is 4. The highest BCUT2D eigenvalue weighted by atomic mass is 16.2. The number of carbonyl (C=O) groups excluding carboxylic acids is 3. The van der Waals surface area contributed by atoms with E-state index in [-0.39, 0.29) is 30.2 Å². The van der Waals surface area contributed by atoms with Gasteiger partial charge in [0.25, 0.3) is 5.91 Å². The Labute approximate surface area is 136 Å². The monoisotopic (exact) mass is 317 g/mol. The first-order chi connectivity index (χ1) is 11.0.